The van der Waals surface area contributed by atoms with Crippen molar-refractivity contribution in [2.24, 2.45) is 0 Å². The molecule has 4 N–H and O–H groups in total. The lowest BCUT2D eigenvalue weighted by molar-refractivity contribution is 0.0489. The lowest BCUT2D eigenvalue weighted by Crippen LogP contribution is -2.34. The van der Waals surface area contributed by atoms with E-state index in [1.807, 2.05) is 109 Å². The summed E-state index contributed by atoms with van der Waals surface area (Å²) in [7, 11) is 0. The lowest BCUT2D eigenvalue weighted by atomic mass is 10.2. The Bertz CT molecular complexity index is 1300. The summed E-state index contributed by atoms with van der Waals surface area (Å²) >= 11 is 0. The number of carbonyl (C=O) groups is 2. The quantitative estimate of drug-likeness (QED) is 0.0788. The van der Waals surface area contributed by atoms with Crippen LogP contribution in [-0.4, -0.2) is 25.3 Å². The van der Waals surface area contributed by atoms with E-state index in [2.05, 4.69) is 21.6 Å². The van der Waals surface area contributed by atoms with E-state index in [9.17, 15) is 9.59 Å². The van der Waals surface area contributed by atoms with Gasteiger partial charge in [0.05, 0.1) is 26.4 Å². The van der Waals surface area contributed by atoms with Gasteiger partial charge in [0.1, 0.15) is 11.5 Å². The smallest absolute Gasteiger partial charge is 0.338 e. The molecule has 4 amide bonds. The average Bonchev–Trinajstić information content (AvgIpc) is 3.08. The zero-order valence-electron chi connectivity index (χ0n) is 25.2. The van der Waals surface area contributed by atoms with Crippen LogP contribution in [0.5, 0.6) is 11.5 Å². The van der Waals surface area contributed by atoms with Gasteiger partial charge in [-0.25, -0.2) is 20.5 Å². The molecular weight excluding hydrogens is 572 g/mol. The van der Waals surface area contributed by atoms with Crippen LogP contribution in [0, 0.1) is 0 Å². The first-order valence-electron chi connectivity index (χ1n) is 15.0. The fourth-order valence-electron chi connectivity index (χ4n) is 4.12. The summed E-state index contributed by atoms with van der Waals surface area (Å²) in [6, 6.07) is 33.7. The first-order valence-corrected chi connectivity index (χ1v) is 15.0. The molecule has 0 aromatic heterocycles. The summed E-state index contributed by atoms with van der Waals surface area (Å²) < 4.78 is 11.7. The standard InChI is InChI=1S/C35H40N4O6/c40-34(38-44-26-30-10-4-1-5-11-30)36-24-28-14-18-32(19-15-28)42-22-8-3-9-23-43-33-20-16-29(17-21-33)25-37-35(41)39-45-27-31-12-6-2-7-13-31/h1-2,4-7,10-21H,3,8-9,22-27H2,(H2,36,38,40)(H2,37,39,41). The second-order valence-corrected chi connectivity index (χ2v) is 10.2. The SMILES string of the molecule is O=C(NCc1ccc(OCCCCCOc2ccc(CNC(=O)NOCc3ccccc3)cc2)cc1)NOCc1ccccc1. The van der Waals surface area contributed by atoms with Crippen molar-refractivity contribution in [2.75, 3.05) is 13.2 Å². The van der Waals surface area contributed by atoms with Gasteiger partial charge in [0.25, 0.3) is 0 Å². The number of nitrogens with one attached hydrogen (secondary N) is 4. The minimum Gasteiger partial charge on any atom is -0.494 e. The van der Waals surface area contributed by atoms with Gasteiger partial charge >= 0.3 is 12.1 Å². The normalized spacial score (nSPS) is 10.5. The van der Waals surface area contributed by atoms with Crippen LogP contribution in [-0.2, 0) is 36.0 Å². The number of hydrogen-bond acceptors (Lipinski definition) is 6. The van der Waals surface area contributed by atoms with Gasteiger partial charge in [0.2, 0.25) is 0 Å². The van der Waals surface area contributed by atoms with Crippen LogP contribution in [0.15, 0.2) is 109 Å². The molecule has 0 unspecified atom stereocenters. The third kappa shape index (κ3) is 13.4. The van der Waals surface area contributed by atoms with Crippen LogP contribution >= 0.6 is 0 Å². The van der Waals surface area contributed by atoms with Crippen molar-refractivity contribution in [1.82, 2.24) is 21.6 Å². The minimum absolute atomic E-state index is 0.302. The van der Waals surface area contributed by atoms with Crippen LogP contribution in [0.3, 0.4) is 0 Å². The fraction of sp³-hybridized carbons (Fsp3) is 0.257. The number of amides is 4. The van der Waals surface area contributed by atoms with Gasteiger partial charge in [-0.05, 0) is 65.8 Å². The first kappa shape index (κ1) is 32.8. The van der Waals surface area contributed by atoms with Crippen LogP contribution in [0.2, 0.25) is 0 Å². The molecule has 0 aliphatic rings. The third-order valence-corrected chi connectivity index (χ3v) is 6.57. The van der Waals surface area contributed by atoms with Crippen LogP contribution in [0.25, 0.3) is 0 Å². The predicted octanol–water partition coefficient (Wildman–Crippen LogP) is 6.18. The van der Waals surface area contributed by atoms with Gasteiger partial charge in [-0.2, -0.15) is 0 Å². The molecule has 0 aliphatic carbocycles. The molecular formula is C35H40N4O6. The molecule has 0 aliphatic heterocycles. The molecule has 4 rings (SSSR count). The second-order valence-electron chi connectivity index (χ2n) is 10.2. The van der Waals surface area contributed by atoms with Crippen molar-refractivity contribution >= 4 is 12.1 Å². The topological polar surface area (TPSA) is 119 Å². The van der Waals surface area contributed by atoms with E-state index in [0.717, 1.165) is 53.0 Å². The molecule has 0 saturated carbocycles. The lowest BCUT2D eigenvalue weighted by Gasteiger charge is -2.10. The monoisotopic (exact) mass is 612 g/mol. The van der Waals surface area contributed by atoms with Crippen LogP contribution in [0.4, 0.5) is 9.59 Å². The molecule has 10 heteroatoms. The Labute approximate surface area is 264 Å². The van der Waals surface area contributed by atoms with Crippen molar-refractivity contribution in [3.63, 3.8) is 0 Å². The second kappa shape index (κ2) is 19.3. The highest BCUT2D eigenvalue weighted by molar-refractivity contribution is 5.73. The number of unbranched alkanes of at least 4 members (excludes halogenated alkanes) is 2. The summed E-state index contributed by atoms with van der Waals surface area (Å²) in [6.07, 6.45) is 2.81. The highest BCUT2D eigenvalue weighted by atomic mass is 16.7. The van der Waals surface area contributed by atoms with Gasteiger partial charge in [-0.1, -0.05) is 84.9 Å². The predicted molar refractivity (Wildman–Crippen MR) is 171 cm³/mol. The van der Waals surface area contributed by atoms with Gasteiger partial charge < -0.3 is 20.1 Å². The molecule has 0 spiro atoms. The zero-order chi connectivity index (χ0) is 31.4. The molecule has 0 atom stereocenters. The molecule has 45 heavy (non-hydrogen) atoms. The Morgan fingerprint density at radius 1 is 0.467 bits per heavy atom. The molecule has 0 heterocycles. The molecule has 4 aromatic rings. The maximum Gasteiger partial charge on any atom is 0.338 e. The molecule has 0 radical (unpaired) electrons. The number of carbonyl (C=O) groups excluding carboxylic acids is 2. The van der Waals surface area contributed by atoms with Crippen molar-refractivity contribution in [2.45, 2.75) is 45.6 Å². The molecule has 236 valence electrons. The van der Waals surface area contributed by atoms with Crippen LogP contribution < -0.4 is 31.1 Å². The maximum absolute atomic E-state index is 11.9. The Hall–Kier alpha value is -5.06. The fourth-order valence-corrected chi connectivity index (χ4v) is 4.12. The Morgan fingerprint density at radius 3 is 1.27 bits per heavy atom. The third-order valence-electron chi connectivity index (χ3n) is 6.57. The van der Waals surface area contributed by atoms with Crippen molar-refractivity contribution in [3.8, 4) is 11.5 Å². The number of urea groups is 2. The van der Waals surface area contributed by atoms with E-state index in [1.54, 1.807) is 0 Å². The molecule has 10 nitrogen and oxygen atoms in total. The van der Waals surface area contributed by atoms with Crippen LogP contribution in [0.1, 0.15) is 41.5 Å². The van der Waals surface area contributed by atoms with Gasteiger partial charge in [-0.15, -0.1) is 0 Å². The molecule has 0 fully saturated rings. The van der Waals surface area contributed by atoms with E-state index in [4.69, 9.17) is 19.1 Å². The average molecular weight is 613 g/mol. The van der Waals surface area contributed by atoms with E-state index < -0.39 is 12.1 Å². The molecule has 0 saturated heterocycles. The first-order chi connectivity index (χ1) is 22.1. The number of hydrogen-bond donors (Lipinski definition) is 4. The summed E-state index contributed by atoms with van der Waals surface area (Å²) in [4.78, 5) is 34.3. The number of ether oxygens (including phenoxy) is 2. The molecule has 4 aromatic carbocycles. The summed E-state index contributed by atoms with van der Waals surface area (Å²) in [5.41, 5.74) is 8.64. The number of rotatable bonds is 18. The van der Waals surface area contributed by atoms with Gasteiger partial charge in [0.15, 0.2) is 0 Å². The summed E-state index contributed by atoms with van der Waals surface area (Å²) in [6.45, 7) is 2.59. The highest BCUT2D eigenvalue weighted by Crippen LogP contribution is 2.15. The van der Waals surface area contributed by atoms with Gasteiger partial charge in [0, 0.05) is 13.1 Å². The summed E-state index contributed by atoms with van der Waals surface area (Å²) in [5.74, 6) is 1.58. The largest absolute Gasteiger partial charge is 0.494 e. The van der Waals surface area contributed by atoms with E-state index >= 15 is 0 Å². The summed E-state index contributed by atoms with van der Waals surface area (Å²) in [5, 5.41) is 5.52. The van der Waals surface area contributed by atoms with Crippen molar-refractivity contribution in [3.05, 3.63) is 131 Å². The zero-order valence-corrected chi connectivity index (χ0v) is 25.2. The van der Waals surface area contributed by atoms with E-state index in [1.165, 1.54) is 0 Å². The number of hydroxylamine groups is 2. The van der Waals surface area contributed by atoms with Crippen molar-refractivity contribution in [1.29, 1.82) is 0 Å². The van der Waals surface area contributed by atoms with Crippen molar-refractivity contribution < 1.29 is 28.7 Å². The Balaban J connectivity index is 0.984. The van der Waals surface area contributed by atoms with Gasteiger partial charge in [-0.3, -0.25) is 9.68 Å². The maximum atomic E-state index is 11.9. The molecule has 0 bridgehead atoms. The Morgan fingerprint density at radius 2 is 0.867 bits per heavy atom. The van der Waals surface area contributed by atoms with E-state index in [0.29, 0.717) is 39.5 Å². The van der Waals surface area contributed by atoms with E-state index in [-0.39, 0.29) is 0 Å². The Kier molecular flexibility index (Phi) is 14.1. The number of benzene rings is 4. The minimum atomic E-state index is -0.396. The highest BCUT2D eigenvalue weighted by Gasteiger charge is 2.04.